The number of fused-ring (bicyclic) bond motifs is 1. The van der Waals surface area contributed by atoms with Crippen LogP contribution in [0.15, 0.2) is 36.5 Å². The van der Waals surface area contributed by atoms with E-state index >= 15 is 0 Å². The van der Waals surface area contributed by atoms with Gasteiger partial charge in [0.25, 0.3) is 6.01 Å². The lowest BCUT2D eigenvalue weighted by atomic mass is 10.1. The molecule has 0 amide bonds. The maximum Gasteiger partial charge on any atom is 0.336 e. The van der Waals surface area contributed by atoms with E-state index in [2.05, 4.69) is 34.1 Å². The first-order valence-electron chi connectivity index (χ1n) is 11.5. The minimum Gasteiger partial charge on any atom is -0.492 e. The fourth-order valence-electron chi connectivity index (χ4n) is 3.60. The van der Waals surface area contributed by atoms with Crippen molar-refractivity contribution in [2.24, 2.45) is 0 Å². The number of ether oxygens (including phenoxy) is 2. The summed E-state index contributed by atoms with van der Waals surface area (Å²) in [6.45, 7) is 6.43. The Bertz CT molecular complexity index is 1330. The van der Waals surface area contributed by atoms with Gasteiger partial charge in [-0.3, -0.25) is 0 Å². The Morgan fingerprint density at radius 1 is 1.20 bits per heavy atom. The molecule has 0 saturated heterocycles. The Morgan fingerprint density at radius 3 is 2.77 bits per heavy atom. The second kappa shape index (κ2) is 10.8. The largest absolute Gasteiger partial charge is 0.492 e. The Labute approximate surface area is 208 Å². The summed E-state index contributed by atoms with van der Waals surface area (Å²) < 4.78 is 13.5. The number of benzene rings is 2. The molecule has 0 spiro atoms. The lowest BCUT2D eigenvalue weighted by molar-refractivity contribution is 0.0695. The number of carbonyl (C=O) groups is 1. The zero-order valence-electron chi connectivity index (χ0n) is 19.9. The Balaban J connectivity index is 1.31. The van der Waals surface area contributed by atoms with Crippen molar-refractivity contribution in [2.75, 3.05) is 6.61 Å². The van der Waals surface area contributed by atoms with E-state index in [-0.39, 0.29) is 11.6 Å². The van der Waals surface area contributed by atoms with Gasteiger partial charge in [-0.05, 0) is 70.2 Å². The molecule has 9 nitrogen and oxygen atoms in total. The van der Waals surface area contributed by atoms with Crippen LogP contribution in [0.2, 0.25) is 5.02 Å². The number of aromatic amines is 1. The molecule has 2 heterocycles. The summed E-state index contributed by atoms with van der Waals surface area (Å²) in [5.41, 5.74) is 3.17. The van der Waals surface area contributed by atoms with Crippen LogP contribution in [0.25, 0.3) is 11.0 Å². The van der Waals surface area contributed by atoms with Gasteiger partial charge in [-0.15, -0.1) is 5.10 Å². The zero-order chi connectivity index (χ0) is 24.9. The van der Waals surface area contributed by atoms with Gasteiger partial charge in [-0.25, -0.2) is 9.48 Å². The van der Waals surface area contributed by atoms with E-state index in [1.54, 1.807) is 31.2 Å². The zero-order valence-corrected chi connectivity index (χ0v) is 20.7. The number of imidazole rings is 1. The number of hydrogen-bond donors (Lipinski definition) is 2. The molecule has 0 fully saturated rings. The predicted molar refractivity (Wildman–Crippen MR) is 133 cm³/mol. The third kappa shape index (κ3) is 6.10. The molecule has 0 aliphatic carbocycles. The van der Waals surface area contributed by atoms with Crippen LogP contribution >= 0.6 is 11.6 Å². The Morgan fingerprint density at radius 2 is 2.03 bits per heavy atom. The molecule has 4 aromatic rings. The fraction of sp³-hybridized carbons (Fsp3) is 0.360. The highest BCUT2D eigenvalue weighted by atomic mass is 35.5. The number of aromatic nitrogens is 5. The van der Waals surface area contributed by atoms with Crippen LogP contribution in [0.1, 0.15) is 60.8 Å². The van der Waals surface area contributed by atoms with Crippen molar-refractivity contribution < 1.29 is 19.4 Å². The molecule has 184 valence electrons. The van der Waals surface area contributed by atoms with Crippen LogP contribution < -0.4 is 9.47 Å². The van der Waals surface area contributed by atoms with Gasteiger partial charge in [-0.1, -0.05) is 22.9 Å². The number of carboxylic acids is 1. The summed E-state index contributed by atoms with van der Waals surface area (Å²) in [5, 5.41) is 18.1. The van der Waals surface area contributed by atoms with Crippen LogP contribution in [-0.2, 0) is 6.42 Å². The quantitative estimate of drug-likeness (QED) is 0.245. The highest BCUT2D eigenvalue weighted by Gasteiger charge is 2.13. The van der Waals surface area contributed by atoms with E-state index in [1.165, 1.54) is 6.07 Å². The van der Waals surface area contributed by atoms with Crippen molar-refractivity contribution in [1.29, 1.82) is 0 Å². The highest BCUT2D eigenvalue weighted by molar-refractivity contribution is 6.32. The number of aryl methyl sites for hydroxylation is 2. The maximum absolute atomic E-state index is 11.4. The van der Waals surface area contributed by atoms with Crippen molar-refractivity contribution in [1.82, 2.24) is 25.0 Å². The number of unbranched alkanes of at least 4 members (excludes halogenated alkanes) is 2. The third-order valence-electron chi connectivity index (χ3n) is 5.59. The summed E-state index contributed by atoms with van der Waals surface area (Å²) in [7, 11) is 0. The highest BCUT2D eigenvalue weighted by Crippen LogP contribution is 2.31. The average molecular weight is 498 g/mol. The van der Waals surface area contributed by atoms with Gasteiger partial charge in [0.05, 0.1) is 33.9 Å². The molecule has 10 heteroatoms. The van der Waals surface area contributed by atoms with E-state index in [4.69, 9.17) is 21.1 Å². The number of aromatic carboxylic acids is 1. The topological polar surface area (TPSA) is 115 Å². The van der Waals surface area contributed by atoms with Crippen LogP contribution in [0, 0.1) is 6.92 Å². The number of nitrogens with one attached hydrogen (secondary N) is 1. The Hall–Kier alpha value is -3.59. The minimum atomic E-state index is -1.01. The molecule has 0 aliphatic rings. The van der Waals surface area contributed by atoms with E-state index in [1.807, 2.05) is 10.9 Å². The molecule has 2 aromatic carbocycles. The van der Waals surface area contributed by atoms with Gasteiger partial charge in [-0.2, -0.15) is 4.98 Å². The molecule has 0 atom stereocenters. The molecular formula is C25H28ClN5O4. The third-order valence-corrected chi connectivity index (χ3v) is 5.88. The van der Waals surface area contributed by atoms with E-state index in [0.717, 1.165) is 31.4 Å². The summed E-state index contributed by atoms with van der Waals surface area (Å²) in [6.07, 6.45) is 5.80. The summed E-state index contributed by atoms with van der Waals surface area (Å²) in [5.74, 6) is -0.0768. The lowest BCUT2D eigenvalue weighted by Gasteiger charge is -2.07. The molecule has 0 aliphatic heterocycles. The lowest BCUT2D eigenvalue weighted by Crippen LogP contribution is -2.00. The Kier molecular flexibility index (Phi) is 7.55. The van der Waals surface area contributed by atoms with Crippen molar-refractivity contribution in [3.05, 3.63) is 58.4 Å². The van der Waals surface area contributed by atoms with Crippen LogP contribution in [-0.4, -0.2) is 42.6 Å². The molecule has 2 aromatic heterocycles. The van der Waals surface area contributed by atoms with Gasteiger partial charge in [0.15, 0.2) is 0 Å². The summed E-state index contributed by atoms with van der Waals surface area (Å²) >= 11 is 6.40. The standard InChI is InChI=1S/C25H28ClN5O4/c1-15(2)31-14-17(29-30-31)7-5-4-6-10-34-23-13-22-21(12-20(23)26)27-25(28-22)35-18-9-8-16(3)19(11-18)24(32)33/h8-9,11-15H,4-7,10H2,1-3H3,(H,27,28)(H,32,33). The number of nitrogens with zero attached hydrogens (tertiary/aromatic N) is 4. The monoisotopic (exact) mass is 497 g/mol. The molecular weight excluding hydrogens is 470 g/mol. The van der Waals surface area contributed by atoms with Crippen molar-refractivity contribution in [3.8, 4) is 17.5 Å². The number of hydrogen-bond acceptors (Lipinski definition) is 6. The van der Waals surface area contributed by atoms with Gasteiger partial charge < -0.3 is 19.6 Å². The van der Waals surface area contributed by atoms with Crippen LogP contribution in [0.4, 0.5) is 0 Å². The minimum absolute atomic E-state index is 0.180. The molecule has 0 unspecified atom stereocenters. The van der Waals surface area contributed by atoms with Gasteiger partial charge in [0.2, 0.25) is 0 Å². The van der Waals surface area contributed by atoms with Crippen LogP contribution in [0.3, 0.4) is 0 Å². The first kappa shape index (κ1) is 24.5. The number of rotatable bonds is 11. The molecule has 35 heavy (non-hydrogen) atoms. The maximum atomic E-state index is 11.4. The van der Waals surface area contributed by atoms with Gasteiger partial charge >= 0.3 is 5.97 Å². The van der Waals surface area contributed by atoms with E-state index in [0.29, 0.717) is 45.8 Å². The number of H-pyrrole nitrogens is 1. The average Bonchev–Trinajstić information content (AvgIpc) is 3.43. The first-order valence-corrected chi connectivity index (χ1v) is 11.9. The van der Waals surface area contributed by atoms with Crippen LogP contribution in [0.5, 0.6) is 17.5 Å². The molecule has 4 rings (SSSR count). The normalized spacial score (nSPS) is 11.3. The molecule has 0 radical (unpaired) electrons. The predicted octanol–water partition coefficient (Wildman–Crippen LogP) is 5.98. The molecule has 2 N–H and O–H groups in total. The second-order valence-corrected chi connectivity index (χ2v) is 9.08. The first-order chi connectivity index (χ1) is 16.8. The smallest absolute Gasteiger partial charge is 0.336 e. The summed E-state index contributed by atoms with van der Waals surface area (Å²) in [4.78, 5) is 18.8. The van der Waals surface area contributed by atoms with Crippen molar-refractivity contribution in [2.45, 2.75) is 52.5 Å². The van der Waals surface area contributed by atoms with Crippen molar-refractivity contribution in [3.63, 3.8) is 0 Å². The van der Waals surface area contributed by atoms with Gasteiger partial charge in [0, 0.05) is 18.3 Å². The van der Waals surface area contributed by atoms with Crippen molar-refractivity contribution >= 4 is 28.6 Å². The molecule has 0 saturated carbocycles. The fourth-order valence-corrected chi connectivity index (χ4v) is 3.82. The number of halogens is 1. The van der Waals surface area contributed by atoms with E-state index < -0.39 is 5.97 Å². The second-order valence-electron chi connectivity index (χ2n) is 8.67. The molecule has 0 bridgehead atoms. The SMILES string of the molecule is Cc1ccc(Oc2nc3cc(OCCCCCc4cn(C(C)C)nn4)c(Cl)cc3[nH]2)cc1C(=O)O. The number of carboxylic acid groups (broad SMARTS) is 1. The van der Waals surface area contributed by atoms with Gasteiger partial charge in [0.1, 0.15) is 11.5 Å². The van der Waals surface area contributed by atoms with E-state index in [9.17, 15) is 9.90 Å². The summed E-state index contributed by atoms with van der Waals surface area (Å²) in [6, 6.07) is 8.92.